The Labute approximate surface area is 132 Å². The lowest BCUT2D eigenvalue weighted by molar-refractivity contribution is 0.169. The van der Waals surface area contributed by atoms with E-state index in [9.17, 15) is 5.11 Å². The third-order valence-corrected chi connectivity index (χ3v) is 4.21. The number of aliphatic hydroxyl groups is 1. The van der Waals surface area contributed by atoms with Gasteiger partial charge < -0.3 is 9.84 Å². The van der Waals surface area contributed by atoms with Crippen LogP contribution in [0.4, 0.5) is 0 Å². The molecule has 0 amide bonds. The molecule has 7 heteroatoms. The van der Waals surface area contributed by atoms with E-state index in [1.165, 1.54) is 7.11 Å². The van der Waals surface area contributed by atoms with Crippen LogP contribution in [0.3, 0.4) is 0 Å². The number of methoxy groups -OCH3 is 1. The highest BCUT2D eigenvalue weighted by atomic mass is 79.9. The van der Waals surface area contributed by atoms with Crippen LogP contribution in [0.25, 0.3) is 0 Å². The molecule has 0 bridgehead atoms. The van der Waals surface area contributed by atoms with Gasteiger partial charge in [0.05, 0.1) is 28.7 Å². The third kappa shape index (κ3) is 3.41. The van der Waals surface area contributed by atoms with Crippen LogP contribution in [-0.2, 0) is 19.4 Å². The highest BCUT2D eigenvalue weighted by Crippen LogP contribution is 2.26. The van der Waals surface area contributed by atoms with Gasteiger partial charge in [-0.05, 0) is 35.3 Å². The Morgan fingerprint density at radius 3 is 2.62 bits per heavy atom. The monoisotopic (exact) mass is 354 g/mol. The SMILES string of the molecule is CCc1nn(CC)c(CC(O)c2ccc(OC)nn2)c1Br. The standard InChI is InChI=1S/C14H19BrN4O2/c1-4-9-14(15)11(19(5-2)18-9)8-12(20)10-6-7-13(21-3)17-16-10/h6-7,12,20H,4-5,8H2,1-3H3. The van der Waals surface area contributed by atoms with Crippen LogP contribution in [0, 0.1) is 0 Å². The van der Waals surface area contributed by atoms with Gasteiger partial charge in [-0.15, -0.1) is 10.2 Å². The first-order valence-electron chi connectivity index (χ1n) is 6.90. The summed E-state index contributed by atoms with van der Waals surface area (Å²) in [6.45, 7) is 4.85. The number of hydrogen-bond donors (Lipinski definition) is 1. The van der Waals surface area contributed by atoms with E-state index in [-0.39, 0.29) is 0 Å². The van der Waals surface area contributed by atoms with Gasteiger partial charge in [0.2, 0.25) is 5.88 Å². The molecule has 2 aromatic rings. The Morgan fingerprint density at radius 2 is 2.10 bits per heavy atom. The molecule has 0 aromatic carbocycles. The van der Waals surface area contributed by atoms with Crippen LogP contribution in [0.2, 0.25) is 0 Å². The van der Waals surface area contributed by atoms with E-state index in [2.05, 4.69) is 38.1 Å². The molecular formula is C14H19BrN4O2. The van der Waals surface area contributed by atoms with Crippen molar-refractivity contribution in [2.45, 2.75) is 39.3 Å². The summed E-state index contributed by atoms with van der Waals surface area (Å²) in [6.07, 6.45) is 0.549. The van der Waals surface area contributed by atoms with Crippen molar-refractivity contribution < 1.29 is 9.84 Å². The fourth-order valence-electron chi connectivity index (χ4n) is 2.12. The van der Waals surface area contributed by atoms with Gasteiger partial charge in [0.25, 0.3) is 0 Å². The number of aliphatic hydroxyl groups excluding tert-OH is 1. The van der Waals surface area contributed by atoms with Crippen molar-refractivity contribution in [1.29, 1.82) is 0 Å². The third-order valence-electron chi connectivity index (χ3n) is 3.29. The molecule has 0 aliphatic rings. The summed E-state index contributed by atoms with van der Waals surface area (Å²) in [5.41, 5.74) is 2.49. The molecule has 0 aliphatic heterocycles. The maximum atomic E-state index is 10.4. The number of aryl methyl sites for hydroxylation is 2. The van der Waals surface area contributed by atoms with Gasteiger partial charge in [0.1, 0.15) is 6.10 Å². The topological polar surface area (TPSA) is 73.1 Å². The Balaban J connectivity index is 2.22. The Morgan fingerprint density at radius 1 is 1.33 bits per heavy atom. The molecular weight excluding hydrogens is 336 g/mol. The molecule has 21 heavy (non-hydrogen) atoms. The predicted molar refractivity (Wildman–Crippen MR) is 82.2 cm³/mol. The summed E-state index contributed by atoms with van der Waals surface area (Å²) >= 11 is 3.58. The van der Waals surface area contributed by atoms with E-state index < -0.39 is 6.10 Å². The number of aromatic nitrogens is 4. The summed E-state index contributed by atoms with van der Waals surface area (Å²) in [6, 6.07) is 3.41. The molecule has 114 valence electrons. The van der Waals surface area contributed by atoms with Crippen molar-refractivity contribution in [3.63, 3.8) is 0 Å². The van der Waals surface area contributed by atoms with Gasteiger partial charge >= 0.3 is 0 Å². The second-order valence-corrected chi connectivity index (χ2v) is 5.39. The fourth-order valence-corrected chi connectivity index (χ4v) is 2.84. The van der Waals surface area contributed by atoms with Gasteiger partial charge in [0.15, 0.2) is 0 Å². The zero-order valence-electron chi connectivity index (χ0n) is 12.4. The first-order valence-corrected chi connectivity index (χ1v) is 7.69. The molecule has 1 atom stereocenters. The molecule has 1 unspecified atom stereocenters. The molecule has 2 rings (SSSR count). The number of ether oxygens (including phenoxy) is 1. The predicted octanol–water partition coefficient (Wildman–Crippen LogP) is 2.30. The molecule has 2 aromatic heterocycles. The second kappa shape index (κ2) is 7.00. The Hall–Kier alpha value is -1.47. The van der Waals surface area contributed by atoms with E-state index in [0.717, 1.165) is 28.8 Å². The van der Waals surface area contributed by atoms with Crippen molar-refractivity contribution >= 4 is 15.9 Å². The van der Waals surface area contributed by atoms with E-state index in [1.807, 2.05) is 11.6 Å². The molecule has 1 N–H and O–H groups in total. The Kier molecular flexibility index (Phi) is 5.30. The molecule has 0 fully saturated rings. The number of hydrogen-bond acceptors (Lipinski definition) is 5. The smallest absolute Gasteiger partial charge is 0.233 e. The van der Waals surface area contributed by atoms with Crippen molar-refractivity contribution in [3.8, 4) is 5.88 Å². The van der Waals surface area contributed by atoms with Gasteiger partial charge in [0, 0.05) is 19.0 Å². The molecule has 0 radical (unpaired) electrons. The minimum absolute atomic E-state index is 0.430. The first-order chi connectivity index (χ1) is 10.1. The summed E-state index contributed by atoms with van der Waals surface area (Å²) in [5.74, 6) is 0.430. The molecule has 0 saturated heterocycles. The van der Waals surface area contributed by atoms with E-state index in [4.69, 9.17) is 4.74 Å². The lowest BCUT2D eigenvalue weighted by Gasteiger charge is -2.11. The maximum absolute atomic E-state index is 10.4. The van der Waals surface area contributed by atoms with Gasteiger partial charge in [-0.3, -0.25) is 4.68 Å². The van der Waals surface area contributed by atoms with Crippen LogP contribution >= 0.6 is 15.9 Å². The number of halogens is 1. The van der Waals surface area contributed by atoms with Gasteiger partial charge in [-0.1, -0.05) is 6.92 Å². The van der Waals surface area contributed by atoms with Crippen molar-refractivity contribution in [1.82, 2.24) is 20.0 Å². The lowest BCUT2D eigenvalue weighted by atomic mass is 10.1. The summed E-state index contributed by atoms with van der Waals surface area (Å²) < 4.78 is 7.83. The van der Waals surface area contributed by atoms with E-state index in [1.54, 1.807) is 12.1 Å². The molecule has 0 aliphatic carbocycles. The highest BCUT2D eigenvalue weighted by Gasteiger charge is 2.19. The largest absolute Gasteiger partial charge is 0.480 e. The quantitative estimate of drug-likeness (QED) is 0.861. The fraction of sp³-hybridized carbons (Fsp3) is 0.500. The zero-order chi connectivity index (χ0) is 15.4. The maximum Gasteiger partial charge on any atom is 0.233 e. The average molecular weight is 355 g/mol. The minimum atomic E-state index is -0.730. The molecule has 0 spiro atoms. The minimum Gasteiger partial charge on any atom is -0.480 e. The van der Waals surface area contributed by atoms with Crippen LogP contribution in [0.1, 0.15) is 37.0 Å². The summed E-state index contributed by atoms with van der Waals surface area (Å²) in [4.78, 5) is 0. The number of nitrogens with zero attached hydrogens (tertiary/aromatic N) is 4. The van der Waals surface area contributed by atoms with Gasteiger partial charge in [-0.25, -0.2) is 0 Å². The van der Waals surface area contributed by atoms with Crippen LogP contribution in [-0.4, -0.2) is 32.2 Å². The highest BCUT2D eigenvalue weighted by molar-refractivity contribution is 9.10. The second-order valence-electron chi connectivity index (χ2n) is 4.60. The molecule has 2 heterocycles. The van der Waals surface area contributed by atoms with Crippen LogP contribution in [0.5, 0.6) is 5.88 Å². The average Bonchev–Trinajstić information content (AvgIpc) is 2.83. The summed E-state index contributed by atoms with van der Waals surface area (Å²) in [5, 5.41) is 22.7. The van der Waals surface area contributed by atoms with Crippen LogP contribution < -0.4 is 4.74 Å². The first kappa shape index (κ1) is 15.9. The van der Waals surface area contributed by atoms with E-state index >= 15 is 0 Å². The zero-order valence-corrected chi connectivity index (χ0v) is 14.0. The molecule has 6 nitrogen and oxygen atoms in total. The Bertz CT molecular complexity index is 598. The lowest BCUT2D eigenvalue weighted by Crippen LogP contribution is -2.10. The normalized spacial score (nSPS) is 12.4. The summed E-state index contributed by atoms with van der Waals surface area (Å²) in [7, 11) is 1.53. The van der Waals surface area contributed by atoms with Gasteiger partial charge in [-0.2, -0.15) is 5.10 Å². The van der Waals surface area contributed by atoms with Crippen molar-refractivity contribution in [2.24, 2.45) is 0 Å². The molecule has 0 saturated carbocycles. The van der Waals surface area contributed by atoms with Crippen LogP contribution in [0.15, 0.2) is 16.6 Å². The van der Waals surface area contributed by atoms with E-state index in [0.29, 0.717) is 18.0 Å². The van der Waals surface area contributed by atoms with Crippen molar-refractivity contribution in [3.05, 3.63) is 33.7 Å². The number of rotatable bonds is 6. The van der Waals surface area contributed by atoms with Crippen molar-refractivity contribution in [2.75, 3.05) is 7.11 Å².